The zero-order valence-electron chi connectivity index (χ0n) is 9.21. The lowest BCUT2D eigenvalue weighted by atomic mass is 10.3. The maximum atomic E-state index is 11.9. The molecule has 1 aliphatic rings. The van der Waals surface area contributed by atoms with Gasteiger partial charge in [0.2, 0.25) is 5.91 Å². The van der Waals surface area contributed by atoms with Gasteiger partial charge in [-0.15, -0.1) is 23.1 Å². The quantitative estimate of drug-likeness (QED) is 0.853. The van der Waals surface area contributed by atoms with E-state index in [1.165, 1.54) is 34.1 Å². The Balaban J connectivity index is 2.03. The third kappa shape index (κ3) is 3.15. The molecule has 1 aromatic rings. The number of carbonyl (C=O) groups is 2. The van der Waals surface area contributed by atoms with Gasteiger partial charge in [0, 0.05) is 16.7 Å². The Morgan fingerprint density at radius 1 is 1.50 bits per heavy atom. The van der Waals surface area contributed by atoms with Gasteiger partial charge >= 0.3 is 5.97 Å². The molecule has 0 aromatic carbocycles. The van der Waals surface area contributed by atoms with Crippen LogP contribution in [0.3, 0.4) is 0 Å². The molecule has 4 nitrogen and oxygen atoms in total. The highest BCUT2D eigenvalue weighted by molar-refractivity contribution is 9.11. The van der Waals surface area contributed by atoms with Crippen LogP contribution in [0.25, 0.3) is 6.08 Å². The Kier molecular flexibility index (Phi) is 4.47. The number of carbonyl (C=O) groups excluding carboxylic acids is 1. The minimum Gasteiger partial charge on any atom is -0.480 e. The Labute approximate surface area is 121 Å². The molecule has 1 atom stereocenters. The van der Waals surface area contributed by atoms with Gasteiger partial charge in [-0.2, -0.15) is 0 Å². The van der Waals surface area contributed by atoms with E-state index in [9.17, 15) is 9.59 Å². The smallest absolute Gasteiger partial charge is 0.327 e. The van der Waals surface area contributed by atoms with Gasteiger partial charge in [0.1, 0.15) is 6.04 Å². The molecule has 1 N–H and O–H groups in total. The summed E-state index contributed by atoms with van der Waals surface area (Å²) in [4.78, 5) is 25.2. The third-order valence-electron chi connectivity index (χ3n) is 2.43. The predicted octanol–water partition coefficient (Wildman–Crippen LogP) is 2.51. The van der Waals surface area contributed by atoms with E-state index in [0.717, 1.165) is 8.66 Å². The second-order valence-corrected chi connectivity index (χ2v) is 7.13. The number of hydrogen-bond acceptors (Lipinski definition) is 4. The van der Waals surface area contributed by atoms with Crippen LogP contribution < -0.4 is 0 Å². The molecule has 1 amide bonds. The minimum atomic E-state index is -0.944. The topological polar surface area (TPSA) is 57.6 Å². The monoisotopic (exact) mass is 347 g/mol. The highest BCUT2D eigenvalue weighted by atomic mass is 79.9. The van der Waals surface area contributed by atoms with Crippen LogP contribution in [0, 0.1) is 0 Å². The summed E-state index contributed by atoms with van der Waals surface area (Å²) >= 11 is 6.32. The molecule has 2 rings (SSSR count). The van der Waals surface area contributed by atoms with Gasteiger partial charge in [0.15, 0.2) is 0 Å². The van der Waals surface area contributed by atoms with Gasteiger partial charge in [0.25, 0.3) is 0 Å². The molecular formula is C11H10BrNO3S2. The molecule has 1 aromatic heterocycles. The Morgan fingerprint density at radius 3 is 2.89 bits per heavy atom. The Bertz CT molecular complexity index is 500. The summed E-state index contributed by atoms with van der Waals surface area (Å²) in [5.41, 5.74) is 0. The first-order chi connectivity index (χ1) is 8.58. The van der Waals surface area contributed by atoms with Crippen molar-refractivity contribution in [2.45, 2.75) is 6.04 Å². The third-order valence-corrected chi connectivity index (χ3v) is 5.04. The molecule has 1 aliphatic heterocycles. The maximum absolute atomic E-state index is 11.9. The van der Waals surface area contributed by atoms with E-state index >= 15 is 0 Å². The van der Waals surface area contributed by atoms with Crippen LogP contribution in [0.5, 0.6) is 0 Å². The lowest BCUT2D eigenvalue weighted by Crippen LogP contribution is -2.40. The van der Waals surface area contributed by atoms with Crippen molar-refractivity contribution in [3.05, 3.63) is 26.9 Å². The number of amides is 1. The largest absolute Gasteiger partial charge is 0.480 e. The molecule has 1 fully saturated rings. The van der Waals surface area contributed by atoms with Gasteiger partial charge < -0.3 is 10.0 Å². The van der Waals surface area contributed by atoms with Gasteiger partial charge in [-0.1, -0.05) is 0 Å². The van der Waals surface area contributed by atoms with Gasteiger partial charge in [-0.3, -0.25) is 4.79 Å². The van der Waals surface area contributed by atoms with Crippen molar-refractivity contribution in [1.29, 1.82) is 0 Å². The molecule has 0 spiro atoms. The van der Waals surface area contributed by atoms with E-state index < -0.39 is 12.0 Å². The fourth-order valence-corrected chi connectivity index (χ4v) is 4.01. The average molecular weight is 348 g/mol. The second kappa shape index (κ2) is 5.90. The lowest BCUT2D eigenvalue weighted by molar-refractivity contribution is -0.146. The van der Waals surface area contributed by atoms with Crippen molar-refractivity contribution in [2.75, 3.05) is 11.6 Å². The molecule has 7 heteroatoms. The first kappa shape index (κ1) is 13.6. The number of nitrogens with zero attached hydrogens (tertiary/aromatic N) is 1. The van der Waals surface area contributed by atoms with Crippen LogP contribution in [0.4, 0.5) is 0 Å². The highest BCUT2D eigenvalue weighted by Gasteiger charge is 2.33. The first-order valence-corrected chi connectivity index (χ1v) is 7.89. The molecule has 2 heterocycles. The zero-order chi connectivity index (χ0) is 13.1. The molecule has 96 valence electrons. The number of aliphatic carboxylic acids is 1. The van der Waals surface area contributed by atoms with Crippen molar-refractivity contribution in [2.24, 2.45) is 0 Å². The van der Waals surface area contributed by atoms with Crippen LogP contribution in [-0.4, -0.2) is 39.6 Å². The van der Waals surface area contributed by atoms with Crippen molar-refractivity contribution in [3.8, 4) is 0 Å². The van der Waals surface area contributed by atoms with E-state index in [1.807, 2.05) is 12.1 Å². The number of thiophene rings is 1. The summed E-state index contributed by atoms with van der Waals surface area (Å²) in [6.07, 6.45) is 3.14. The normalized spacial score (nSPS) is 19.6. The fourth-order valence-electron chi connectivity index (χ4n) is 1.53. The van der Waals surface area contributed by atoms with Crippen LogP contribution in [0.15, 0.2) is 22.0 Å². The summed E-state index contributed by atoms with van der Waals surface area (Å²) in [6, 6.07) is 3.09. The van der Waals surface area contributed by atoms with Gasteiger partial charge in [0.05, 0.1) is 9.66 Å². The van der Waals surface area contributed by atoms with E-state index in [2.05, 4.69) is 15.9 Å². The number of hydrogen-bond donors (Lipinski definition) is 1. The number of rotatable bonds is 3. The molecular weight excluding hydrogens is 338 g/mol. The van der Waals surface area contributed by atoms with Gasteiger partial charge in [-0.25, -0.2) is 4.79 Å². The number of thioether (sulfide) groups is 1. The fraction of sp³-hybridized carbons (Fsp3) is 0.273. The van der Waals surface area contributed by atoms with Crippen molar-refractivity contribution < 1.29 is 14.7 Å². The number of carboxylic acid groups (broad SMARTS) is 1. The molecule has 18 heavy (non-hydrogen) atoms. The number of halogens is 1. The first-order valence-electron chi connectivity index (χ1n) is 5.12. The molecule has 0 aliphatic carbocycles. The predicted molar refractivity (Wildman–Crippen MR) is 76.6 cm³/mol. The molecule has 0 bridgehead atoms. The second-order valence-electron chi connectivity index (χ2n) is 3.64. The van der Waals surface area contributed by atoms with Crippen molar-refractivity contribution >= 4 is 57.0 Å². The lowest BCUT2D eigenvalue weighted by Gasteiger charge is -2.18. The molecule has 0 saturated carbocycles. The Hall–Kier alpha value is -0.790. The van der Waals surface area contributed by atoms with E-state index in [1.54, 1.807) is 6.08 Å². The van der Waals surface area contributed by atoms with E-state index in [0.29, 0.717) is 11.6 Å². The summed E-state index contributed by atoms with van der Waals surface area (Å²) in [6.45, 7) is 0. The summed E-state index contributed by atoms with van der Waals surface area (Å²) in [5.74, 6) is -0.300. The van der Waals surface area contributed by atoms with Crippen molar-refractivity contribution in [3.63, 3.8) is 0 Å². The van der Waals surface area contributed by atoms with Gasteiger partial charge in [-0.05, 0) is 34.1 Å². The van der Waals surface area contributed by atoms with Crippen molar-refractivity contribution in [1.82, 2.24) is 4.90 Å². The zero-order valence-corrected chi connectivity index (χ0v) is 12.4. The average Bonchev–Trinajstić information content (AvgIpc) is 2.94. The van der Waals surface area contributed by atoms with Crippen LogP contribution in [0.1, 0.15) is 4.88 Å². The van der Waals surface area contributed by atoms with Crippen LogP contribution in [0.2, 0.25) is 0 Å². The minimum absolute atomic E-state index is 0.253. The Morgan fingerprint density at radius 2 is 2.28 bits per heavy atom. The molecule has 1 unspecified atom stereocenters. The molecule has 1 saturated heterocycles. The maximum Gasteiger partial charge on any atom is 0.327 e. The summed E-state index contributed by atoms with van der Waals surface area (Å²) in [7, 11) is 0. The highest BCUT2D eigenvalue weighted by Crippen LogP contribution is 2.24. The van der Waals surface area contributed by atoms with Crippen LogP contribution >= 0.6 is 39.0 Å². The number of carboxylic acids is 1. The summed E-state index contributed by atoms with van der Waals surface area (Å²) in [5, 5.41) is 8.99. The standard InChI is InChI=1S/C11H10BrNO3S2/c12-9-3-1-7(18-9)2-4-10(14)13-6-17-5-8(13)11(15)16/h1-4,8H,5-6H2,(H,15,16)/b4-2+. The van der Waals surface area contributed by atoms with E-state index in [4.69, 9.17) is 5.11 Å². The summed E-state index contributed by atoms with van der Waals surface area (Å²) < 4.78 is 0.995. The van der Waals surface area contributed by atoms with Crippen LogP contribution in [-0.2, 0) is 9.59 Å². The SMILES string of the molecule is O=C(O)C1CSCN1C(=O)/C=C/c1ccc(Br)s1. The van der Waals surface area contributed by atoms with E-state index in [-0.39, 0.29) is 5.91 Å². The molecule has 0 radical (unpaired) electrons.